The van der Waals surface area contributed by atoms with Crippen molar-refractivity contribution in [2.45, 2.75) is 51.0 Å². The first-order valence-corrected chi connectivity index (χ1v) is 5.62. The van der Waals surface area contributed by atoms with Crippen molar-refractivity contribution in [3.05, 3.63) is 17.5 Å². The molecule has 3 heteroatoms. The van der Waals surface area contributed by atoms with E-state index in [1.54, 1.807) is 0 Å². The fourth-order valence-electron chi connectivity index (χ4n) is 2.02. The first kappa shape index (κ1) is 10.7. The Bertz CT molecular complexity index is 367. The third kappa shape index (κ3) is 2.23. The highest BCUT2D eigenvalue weighted by Crippen LogP contribution is 2.37. The van der Waals surface area contributed by atoms with Gasteiger partial charge in [-0.3, -0.25) is 4.68 Å². The molecule has 0 aliphatic heterocycles. The Hall–Kier alpha value is -0.830. The lowest BCUT2D eigenvalue weighted by atomic mass is 9.87. The summed E-state index contributed by atoms with van der Waals surface area (Å²) < 4.78 is 1.90. The van der Waals surface area contributed by atoms with Gasteiger partial charge < -0.3 is 5.73 Å². The molecule has 0 aromatic carbocycles. The summed E-state index contributed by atoms with van der Waals surface area (Å²) in [6.07, 6.45) is 5.41. The molecule has 0 saturated heterocycles. The number of rotatable bonds is 2. The van der Waals surface area contributed by atoms with Crippen molar-refractivity contribution in [3.8, 4) is 0 Å². The third-order valence-corrected chi connectivity index (χ3v) is 3.05. The van der Waals surface area contributed by atoms with Gasteiger partial charge in [0.1, 0.15) is 0 Å². The second-order valence-electron chi connectivity index (χ2n) is 5.97. The molecule has 0 radical (unpaired) electrons. The van der Waals surface area contributed by atoms with Crippen LogP contribution in [0.25, 0.3) is 0 Å². The number of nitrogens with two attached hydrogens (primary N) is 1. The zero-order chi connectivity index (χ0) is 11.3. The summed E-state index contributed by atoms with van der Waals surface area (Å²) in [5.41, 5.74) is 8.87. The van der Waals surface area contributed by atoms with Crippen LogP contribution in [0.1, 0.15) is 44.9 Å². The van der Waals surface area contributed by atoms with E-state index in [-0.39, 0.29) is 11.0 Å². The Labute approximate surface area is 91.7 Å². The van der Waals surface area contributed by atoms with E-state index in [0.29, 0.717) is 0 Å². The molecule has 1 aliphatic rings. The van der Waals surface area contributed by atoms with E-state index in [1.165, 1.54) is 11.3 Å². The minimum Gasteiger partial charge on any atom is -0.325 e. The molecule has 1 aromatic rings. The highest BCUT2D eigenvalue weighted by Gasteiger charge is 2.39. The van der Waals surface area contributed by atoms with Crippen LogP contribution in [0.3, 0.4) is 0 Å². The van der Waals surface area contributed by atoms with Crippen LogP contribution >= 0.6 is 0 Å². The molecule has 84 valence electrons. The van der Waals surface area contributed by atoms with E-state index in [1.807, 2.05) is 11.7 Å². The summed E-state index contributed by atoms with van der Waals surface area (Å²) in [6.45, 7) is 6.61. The number of hydrogen-bond acceptors (Lipinski definition) is 2. The van der Waals surface area contributed by atoms with Crippen molar-refractivity contribution in [1.29, 1.82) is 0 Å². The van der Waals surface area contributed by atoms with Crippen LogP contribution in [-0.4, -0.2) is 15.3 Å². The van der Waals surface area contributed by atoms with E-state index in [4.69, 9.17) is 5.73 Å². The first-order valence-electron chi connectivity index (χ1n) is 5.62. The lowest BCUT2D eigenvalue weighted by Gasteiger charge is -2.18. The normalized spacial score (nSPS) is 19.3. The molecular formula is C12H21N3. The lowest BCUT2D eigenvalue weighted by Crippen LogP contribution is -2.26. The van der Waals surface area contributed by atoms with Crippen LogP contribution in [-0.2, 0) is 18.9 Å². The van der Waals surface area contributed by atoms with Crippen LogP contribution < -0.4 is 5.73 Å². The van der Waals surface area contributed by atoms with Crippen molar-refractivity contribution in [1.82, 2.24) is 9.78 Å². The second kappa shape index (κ2) is 3.08. The van der Waals surface area contributed by atoms with E-state index < -0.39 is 0 Å². The standard InChI is InChI=1S/C12H21N3/c1-11(2,3)10-9(8-15(4)14-10)7-12(13)5-6-12/h8H,5-7,13H2,1-4H3. The molecule has 1 heterocycles. The quantitative estimate of drug-likeness (QED) is 0.803. The SMILES string of the molecule is Cn1cc(CC2(N)CC2)c(C(C)(C)C)n1. The Kier molecular flexibility index (Phi) is 2.19. The van der Waals surface area contributed by atoms with Gasteiger partial charge in [0.2, 0.25) is 0 Å². The number of aryl methyl sites for hydroxylation is 1. The monoisotopic (exact) mass is 207 g/mol. The second-order valence-corrected chi connectivity index (χ2v) is 5.97. The fraction of sp³-hybridized carbons (Fsp3) is 0.750. The molecule has 15 heavy (non-hydrogen) atoms. The molecule has 2 N–H and O–H groups in total. The van der Waals surface area contributed by atoms with Gasteiger partial charge in [0.15, 0.2) is 0 Å². The van der Waals surface area contributed by atoms with Crippen LogP contribution in [0.2, 0.25) is 0 Å². The Morgan fingerprint density at radius 1 is 1.47 bits per heavy atom. The highest BCUT2D eigenvalue weighted by atomic mass is 15.3. The van der Waals surface area contributed by atoms with Crippen molar-refractivity contribution in [2.75, 3.05) is 0 Å². The van der Waals surface area contributed by atoms with Crippen molar-refractivity contribution in [2.24, 2.45) is 12.8 Å². The Morgan fingerprint density at radius 3 is 2.53 bits per heavy atom. The summed E-state index contributed by atoms with van der Waals surface area (Å²) in [5.74, 6) is 0. The molecule has 0 spiro atoms. The van der Waals surface area contributed by atoms with E-state index in [0.717, 1.165) is 19.3 Å². The molecule has 1 aromatic heterocycles. The van der Waals surface area contributed by atoms with Gasteiger partial charge in [-0.25, -0.2) is 0 Å². The predicted octanol–water partition coefficient (Wildman–Crippen LogP) is 1.75. The number of nitrogens with zero attached hydrogens (tertiary/aromatic N) is 2. The summed E-state index contributed by atoms with van der Waals surface area (Å²) in [6, 6.07) is 0. The smallest absolute Gasteiger partial charge is 0.0710 e. The topological polar surface area (TPSA) is 43.8 Å². The van der Waals surface area contributed by atoms with E-state index in [2.05, 4.69) is 32.1 Å². The Morgan fingerprint density at radius 2 is 2.07 bits per heavy atom. The van der Waals surface area contributed by atoms with Gasteiger partial charge in [-0.1, -0.05) is 20.8 Å². The minimum absolute atomic E-state index is 0.0725. The predicted molar refractivity (Wildman–Crippen MR) is 61.8 cm³/mol. The van der Waals surface area contributed by atoms with Crippen LogP contribution in [0, 0.1) is 0 Å². The lowest BCUT2D eigenvalue weighted by molar-refractivity contribution is 0.542. The molecule has 2 rings (SSSR count). The van der Waals surface area contributed by atoms with Crippen molar-refractivity contribution >= 4 is 0 Å². The van der Waals surface area contributed by atoms with Gasteiger partial charge in [0.25, 0.3) is 0 Å². The molecule has 0 unspecified atom stereocenters. The third-order valence-electron chi connectivity index (χ3n) is 3.05. The number of hydrogen-bond donors (Lipinski definition) is 1. The van der Waals surface area contributed by atoms with E-state index in [9.17, 15) is 0 Å². The van der Waals surface area contributed by atoms with Crippen LogP contribution in [0.5, 0.6) is 0 Å². The van der Waals surface area contributed by atoms with Gasteiger partial charge in [-0.2, -0.15) is 5.10 Å². The van der Waals surface area contributed by atoms with Crippen molar-refractivity contribution < 1.29 is 0 Å². The largest absolute Gasteiger partial charge is 0.325 e. The maximum atomic E-state index is 6.16. The zero-order valence-corrected chi connectivity index (χ0v) is 10.2. The number of aromatic nitrogens is 2. The average molecular weight is 207 g/mol. The molecule has 1 saturated carbocycles. The molecule has 0 amide bonds. The molecule has 3 nitrogen and oxygen atoms in total. The summed E-state index contributed by atoms with van der Waals surface area (Å²) in [4.78, 5) is 0. The van der Waals surface area contributed by atoms with Crippen LogP contribution in [0.4, 0.5) is 0 Å². The van der Waals surface area contributed by atoms with Gasteiger partial charge in [-0.15, -0.1) is 0 Å². The van der Waals surface area contributed by atoms with Gasteiger partial charge >= 0.3 is 0 Å². The molecule has 0 atom stereocenters. The molecular weight excluding hydrogens is 186 g/mol. The Balaban J connectivity index is 2.29. The highest BCUT2D eigenvalue weighted by molar-refractivity contribution is 5.27. The summed E-state index contributed by atoms with van der Waals surface area (Å²) in [5, 5.41) is 4.55. The maximum absolute atomic E-state index is 6.16. The molecule has 1 fully saturated rings. The summed E-state index contributed by atoms with van der Waals surface area (Å²) >= 11 is 0. The van der Waals surface area contributed by atoms with Crippen molar-refractivity contribution in [3.63, 3.8) is 0 Å². The molecule has 1 aliphatic carbocycles. The van der Waals surface area contributed by atoms with Gasteiger partial charge in [0, 0.05) is 24.2 Å². The van der Waals surface area contributed by atoms with Gasteiger partial charge in [-0.05, 0) is 24.8 Å². The molecule has 0 bridgehead atoms. The zero-order valence-electron chi connectivity index (χ0n) is 10.2. The average Bonchev–Trinajstić information content (AvgIpc) is 2.64. The summed E-state index contributed by atoms with van der Waals surface area (Å²) in [7, 11) is 1.98. The fourth-order valence-corrected chi connectivity index (χ4v) is 2.02. The van der Waals surface area contributed by atoms with Gasteiger partial charge in [0.05, 0.1) is 5.69 Å². The first-order chi connectivity index (χ1) is 6.80. The maximum Gasteiger partial charge on any atom is 0.0710 e. The van der Waals surface area contributed by atoms with Crippen LogP contribution in [0.15, 0.2) is 6.20 Å². The minimum atomic E-state index is 0.0725. The van der Waals surface area contributed by atoms with E-state index >= 15 is 0 Å².